The van der Waals surface area contributed by atoms with E-state index < -0.39 is 0 Å². The molecule has 182 valence electrons. The van der Waals surface area contributed by atoms with Crippen LogP contribution in [0.1, 0.15) is 24.2 Å². The van der Waals surface area contributed by atoms with Crippen LogP contribution in [0.3, 0.4) is 0 Å². The standard InChI is InChI=1S/C26H32N8O/c1-17-6-4-7-19-16-27-26(32-24(17)19)30-20-14-21-25(29-18(2)28-21)22(15-20)31-23(35)8-5-9-34-12-10-33(3)11-13-34/h4,6-7,14-16H,5,8-13H2,1-3H3,(H,28,29)(H,31,35)(H,27,30,32). The number of rotatable bonds is 7. The van der Waals surface area contributed by atoms with Gasteiger partial charge in [-0.1, -0.05) is 18.2 Å². The van der Waals surface area contributed by atoms with Crippen molar-refractivity contribution in [3.05, 3.63) is 47.9 Å². The molecule has 1 saturated heterocycles. The summed E-state index contributed by atoms with van der Waals surface area (Å²) in [7, 11) is 2.15. The molecule has 9 nitrogen and oxygen atoms in total. The lowest BCUT2D eigenvalue weighted by atomic mass is 10.1. The van der Waals surface area contributed by atoms with Crippen molar-refractivity contribution in [2.75, 3.05) is 50.4 Å². The number of para-hydroxylation sites is 1. The summed E-state index contributed by atoms with van der Waals surface area (Å²) < 4.78 is 0. The molecule has 1 aliphatic rings. The van der Waals surface area contributed by atoms with E-state index in [0.717, 1.165) is 78.2 Å². The van der Waals surface area contributed by atoms with Crippen molar-refractivity contribution < 1.29 is 4.79 Å². The molecule has 1 fully saturated rings. The number of hydrogen-bond donors (Lipinski definition) is 3. The predicted molar refractivity (Wildman–Crippen MR) is 140 cm³/mol. The number of aromatic nitrogens is 4. The quantitative estimate of drug-likeness (QED) is 0.376. The second kappa shape index (κ2) is 9.97. The molecule has 1 aliphatic heterocycles. The Morgan fingerprint density at radius 2 is 1.91 bits per heavy atom. The fraction of sp³-hybridized carbons (Fsp3) is 0.385. The smallest absolute Gasteiger partial charge is 0.227 e. The van der Waals surface area contributed by atoms with Crippen LogP contribution in [-0.2, 0) is 4.79 Å². The molecular weight excluding hydrogens is 440 g/mol. The average molecular weight is 473 g/mol. The number of H-pyrrole nitrogens is 1. The Balaban J connectivity index is 1.30. The van der Waals surface area contributed by atoms with Crippen molar-refractivity contribution >= 4 is 45.2 Å². The zero-order valence-electron chi connectivity index (χ0n) is 20.6. The number of amides is 1. The molecule has 0 radical (unpaired) electrons. The molecule has 9 heteroatoms. The number of imidazole rings is 1. The SMILES string of the molecule is Cc1nc2c(NC(=O)CCCN3CCN(C)CC3)cc(Nc3ncc4cccc(C)c4n3)cc2[nH]1. The zero-order chi connectivity index (χ0) is 24.4. The van der Waals surface area contributed by atoms with Crippen LogP contribution in [0.4, 0.5) is 17.3 Å². The van der Waals surface area contributed by atoms with Gasteiger partial charge >= 0.3 is 0 Å². The summed E-state index contributed by atoms with van der Waals surface area (Å²) in [6, 6.07) is 9.90. The normalized spacial score (nSPS) is 15.1. The van der Waals surface area contributed by atoms with Crippen molar-refractivity contribution in [2.24, 2.45) is 0 Å². The van der Waals surface area contributed by atoms with Crippen molar-refractivity contribution in [3.63, 3.8) is 0 Å². The number of aryl methyl sites for hydroxylation is 2. The van der Waals surface area contributed by atoms with Crippen LogP contribution in [0.5, 0.6) is 0 Å². The largest absolute Gasteiger partial charge is 0.342 e. The van der Waals surface area contributed by atoms with Gasteiger partial charge in [-0.2, -0.15) is 0 Å². The minimum absolute atomic E-state index is 0.00388. The van der Waals surface area contributed by atoms with Crippen LogP contribution in [-0.4, -0.2) is 75.4 Å². The molecule has 2 aromatic carbocycles. The Morgan fingerprint density at radius 3 is 2.74 bits per heavy atom. The van der Waals surface area contributed by atoms with Crippen molar-refractivity contribution in [2.45, 2.75) is 26.7 Å². The third kappa shape index (κ3) is 5.41. The number of carbonyl (C=O) groups is 1. The lowest BCUT2D eigenvalue weighted by Gasteiger charge is -2.32. The van der Waals surface area contributed by atoms with Gasteiger partial charge in [0.15, 0.2) is 0 Å². The number of fused-ring (bicyclic) bond motifs is 2. The Labute approximate surface area is 205 Å². The maximum Gasteiger partial charge on any atom is 0.227 e. The van der Waals surface area contributed by atoms with Gasteiger partial charge in [0, 0.05) is 49.9 Å². The Hall–Kier alpha value is -3.56. The minimum Gasteiger partial charge on any atom is -0.342 e. The summed E-state index contributed by atoms with van der Waals surface area (Å²) in [6.07, 6.45) is 3.13. The van der Waals surface area contributed by atoms with Crippen LogP contribution in [0.25, 0.3) is 21.9 Å². The number of nitrogens with zero attached hydrogens (tertiary/aromatic N) is 5. The van der Waals surface area contributed by atoms with E-state index in [9.17, 15) is 4.79 Å². The highest BCUT2D eigenvalue weighted by atomic mass is 16.1. The number of piperazine rings is 1. The summed E-state index contributed by atoms with van der Waals surface area (Å²) in [4.78, 5) is 34.6. The second-order valence-corrected chi connectivity index (χ2v) is 9.37. The van der Waals surface area contributed by atoms with Crippen LogP contribution < -0.4 is 10.6 Å². The van der Waals surface area contributed by atoms with Crippen molar-refractivity contribution in [1.82, 2.24) is 29.7 Å². The maximum absolute atomic E-state index is 12.8. The Morgan fingerprint density at radius 1 is 1.09 bits per heavy atom. The first-order valence-electron chi connectivity index (χ1n) is 12.1. The minimum atomic E-state index is -0.00388. The fourth-order valence-corrected chi connectivity index (χ4v) is 4.55. The third-order valence-corrected chi connectivity index (χ3v) is 6.52. The van der Waals surface area contributed by atoms with E-state index in [2.05, 4.69) is 42.4 Å². The molecule has 3 N–H and O–H groups in total. The molecule has 0 atom stereocenters. The number of carbonyl (C=O) groups excluding carboxylic acids is 1. The molecule has 2 aromatic heterocycles. The highest BCUT2D eigenvalue weighted by molar-refractivity contribution is 6.01. The summed E-state index contributed by atoms with van der Waals surface area (Å²) >= 11 is 0. The number of anilines is 3. The maximum atomic E-state index is 12.8. The summed E-state index contributed by atoms with van der Waals surface area (Å²) in [5, 5.41) is 7.37. The van der Waals surface area contributed by atoms with E-state index in [1.54, 1.807) is 0 Å². The molecular formula is C26H32N8O. The Bertz CT molecular complexity index is 1360. The van der Waals surface area contributed by atoms with E-state index in [1.807, 2.05) is 50.4 Å². The van der Waals surface area contributed by atoms with Crippen LogP contribution >= 0.6 is 0 Å². The molecule has 4 aromatic rings. The van der Waals surface area contributed by atoms with E-state index in [1.165, 1.54) is 0 Å². The number of hydrogen-bond acceptors (Lipinski definition) is 7. The second-order valence-electron chi connectivity index (χ2n) is 9.37. The molecule has 0 aliphatic carbocycles. The fourth-order valence-electron chi connectivity index (χ4n) is 4.55. The summed E-state index contributed by atoms with van der Waals surface area (Å²) in [6.45, 7) is 9.19. The predicted octanol–water partition coefficient (Wildman–Crippen LogP) is 3.83. The highest BCUT2D eigenvalue weighted by Crippen LogP contribution is 2.28. The number of likely N-dealkylation sites (N-methyl/N-ethyl adjacent to an activating group) is 1. The summed E-state index contributed by atoms with van der Waals surface area (Å²) in [5.74, 6) is 1.29. The monoisotopic (exact) mass is 472 g/mol. The first-order chi connectivity index (χ1) is 16.9. The molecule has 0 bridgehead atoms. The molecule has 1 amide bonds. The van der Waals surface area contributed by atoms with E-state index in [4.69, 9.17) is 4.98 Å². The van der Waals surface area contributed by atoms with Gasteiger partial charge in [-0.15, -0.1) is 0 Å². The van der Waals surface area contributed by atoms with Gasteiger partial charge in [0.05, 0.1) is 16.7 Å². The van der Waals surface area contributed by atoms with Gasteiger partial charge in [-0.3, -0.25) is 4.79 Å². The lowest BCUT2D eigenvalue weighted by molar-refractivity contribution is -0.116. The van der Waals surface area contributed by atoms with E-state index in [0.29, 0.717) is 18.1 Å². The molecule has 0 spiro atoms. The van der Waals surface area contributed by atoms with Crippen molar-refractivity contribution in [3.8, 4) is 0 Å². The molecule has 0 saturated carbocycles. The van der Waals surface area contributed by atoms with Crippen molar-refractivity contribution in [1.29, 1.82) is 0 Å². The summed E-state index contributed by atoms with van der Waals surface area (Å²) in [5.41, 5.74) is 5.06. The van der Waals surface area contributed by atoms with E-state index in [-0.39, 0.29) is 5.91 Å². The Kier molecular flexibility index (Phi) is 6.61. The number of benzene rings is 2. The number of nitrogens with one attached hydrogen (secondary N) is 3. The first-order valence-corrected chi connectivity index (χ1v) is 12.1. The molecule has 5 rings (SSSR count). The van der Waals surface area contributed by atoms with Gasteiger partial charge < -0.3 is 25.4 Å². The van der Waals surface area contributed by atoms with Gasteiger partial charge in [-0.25, -0.2) is 15.0 Å². The van der Waals surface area contributed by atoms with Crippen LogP contribution in [0.15, 0.2) is 36.5 Å². The van der Waals surface area contributed by atoms with Crippen LogP contribution in [0.2, 0.25) is 0 Å². The topological polar surface area (TPSA) is 102 Å². The molecule has 35 heavy (non-hydrogen) atoms. The van der Waals surface area contributed by atoms with Gasteiger partial charge in [0.2, 0.25) is 11.9 Å². The third-order valence-electron chi connectivity index (χ3n) is 6.52. The van der Waals surface area contributed by atoms with Gasteiger partial charge in [0.25, 0.3) is 0 Å². The first kappa shape index (κ1) is 23.2. The lowest BCUT2D eigenvalue weighted by Crippen LogP contribution is -2.44. The average Bonchev–Trinajstić information content (AvgIpc) is 3.21. The number of aromatic amines is 1. The highest BCUT2D eigenvalue weighted by Gasteiger charge is 2.15. The molecule has 0 unspecified atom stereocenters. The van der Waals surface area contributed by atoms with Crippen LogP contribution in [0, 0.1) is 13.8 Å². The van der Waals surface area contributed by atoms with Gasteiger partial charge in [-0.05, 0) is 51.6 Å². The van der Waals surface area contributed by atoms with Gasteiger partial charge in [0.1, 0.15) is 11.3 Å². The molecule has 3 heterocycles. The zero-order valence-corrected chi connectivity index (χ0v) is 20.6. The van der Waals surface area contributed by atoms with E-state index >= 15 is 0 Å².